The van der Waals surface area contributed by atoms with Crippen molar-refractivity contribution in [3.8, 4) is 50.5 Å². The topological polar surface area (TPSA) is 30.7 Å². The first-order valence-corrected chi connectivity index (χ1v) is 16.3. The van der Waals surface area contributed by atoms with E-state index in [4.69, 9.17) is 16.6 Å². The maximum absolute atomic E-state index is 6.61. The molecule has 0 N–H and O–H groups in total. The number of aromatic nitrogens is 3. The molecule has 3 nitrogen and oxygen atoms in total. The summed E-state index contributed by atoms with van der Waals surface area (Å²) in [5.41, 5.74) is 14.5. The van der Waals surface area contributed by atoms with Crippen LogP contribution in [0.15, 0.2) is 146 Å². The Balaban J connectivity index is 1.30. The molecular formula is C43H30ClN3. The van der Waals surface area contributed by atoms with Crippen LogP contribution in [0.3, 0.4) is 0 Å². The van der Waals surface area contributed by atoms with Crippen LogP contribution in [-0.4, -0.2) is 14.5 Å². The molecule has 0 saturated heterocycles. The zero-order valence-electron chi connectivity index (χ0n) is 26.1. The van der Waals surface area contributed by atoms with E-state index < -0.39 is 0 Å². The van der Waals surface area contributed by atoms with E-state index in [-0.39, 0.29) is 10.7 Å². The van der Waals surface area contributed by atoms with Crippen LogP contribution in [0, 0.1) is 0 Å². The van der Waals surface area contributed by atoms with Crippen molar-refractivity contribution in [2.45, 2.75) is 19.3 Å². The van der Waals surface area contributed by atoms with E-state index in [0.29, 0.717) is 0 Å². The molecule has 1 aliphatic carbocycles. The van der Waals surface area contributed by atoms with E-state index in [1.54, 1.807) is 0 Å². The number of halogens is 1. The number of rotatable bonds is 4. The molecule has 47 heavy (non-hydrogen) atoms. The van der Waals surface area contributed by atoms with Gasteiger partial charge in [-0.25, -0.2) is 9.97 Å². The lowest BCUT2D eigenvalue weighted by Gasteiger charge is -2.22. The highest BCUT2D eigenvalue weighted by Gasteiger charge is 2.35. The lowest BCUT2D eigenvalue weighted by molar-refractivity contribution is 0.660. The molecule has 0 spiro atoms. The van der Waals surface area contributed by atoms with Crippen molar-refractivity contribution in [1.82, 2.24) is 14.5 Å². The first kappa shape index (κ1) is 27.8. The normalized spacial score (nSPS) is 13.2. The molecule has 6 aromatic carbocycles. The van der Waals surface area contributed by atoms with Gasteiger partial charge in [0, 0.05) is 33.0 Å². The highest BCUT2D eigenvalue weighted by atomic mass is 35.5. The number of hydrogen-bond acceptors (Lipinski definition) is 2. The molecule has 0 bridgehead atoms. The van der Waals surface area contributed by atoms with Crippen LogP contribution in [0.4, 0.5) is 0 Å². The van der Waals surface area contributed by atoms with Crippen LogP contribution in [0.5, 0.6) is 0 Å². The number of hydrogen-bond donors (Lipinski definition) is 0. The van der Waals surface area contributed by atoms with E-state index in [2.05, 4.69) is 133 Å². The molecule has 0 radical (unpaired) electrons. The minimum absolute atomic E-state index is 0.0972. The van der Waals surface area contributed by atoms with Gasteiger partial charge in [0.1, 0.15) is 0 Å². The first-order chi connectivity index (χ1) is 23.0. The Morgan fingerprint density at radius 1 is 0.489 bits per heavy atom. The lowest BCUT2D eigenvalue weighted by Crippen LogP contribution is -2.14. The van der Waals surface area contributed by atoms with Gasteiger partial charge in [0.15, 0.2) is 0 Å². The summed E-state index contributed by atoms with van der Waals surface area (Å²) in [4.78, 5) is 9.35. The summed E-state index contributed by atoms with van der Waals surface area (Å²) >= 11 is 6.61. The molecule has 0 fully saturated rings. The molecule has 4 heteroatoms. The summed E-state index contributed by atoms with van der Waals surface area (Å²) in [6, 6.07) is 51.9. The van der Waals surface area contributed by atoms with Crippen LogP contribution in [0.25, 0.3) is 72.3 Å². The third-order valence-corrected chi connectivity index (χ3v) is 9.91. The second kappa shape index (κ2) is 10.5. The Morgan fingerprint density at radius 2 is 1.09 bits per heavy atom. The molecule has 2 heterocycles. The number of nitrogens with zero attached hydrogens (tertiary/aromatic N) is 3. The fourth-order valence-corrected chi connectivity index (χ4v) is 7.64. The van der Waals surface area contributed by atoms with Crippen LogP contribution in [-0.2, 0) is 5.41 Å². The second-order valence-electron chi connectivity index (χ2n) is 12.8. The van der Waals surface area contributed by atoms with E-state index in [0.717, 1.165) is 50.4 Å². The minimum Gasteiger partial charge on any atom is -0.309 e. The Labute approximate surface area is 278 Å². The Bertz CT molecular complexity index is 2460. The van der Waals surface area contributed by atoms with Gasteiger partial charge in [0.05, 0.1) is 22.4 Å². The Hall–Kier alpha value is -5.51. The van der Waals surface area contributed by atoms with Gasteiger partial charge in [-0.15, -0.1) is 0 Å². The van der Waals surface area contributed by atoms with E-state index in [9.17, 15) is 0 Å². The van der Waals surface area contributed by atoms with Crippen LogP contribution in [0.2, 0.25) is 5.28 Å². The van der Waals surface area contributed by atoms with Crippen molar-refractivity contribution < 1.29 is 0 Å². The molecule has 224 valence electrons. The number of fused-ring (bicyclic) bond motifs is 6. The molecule has 0 aliphatic heterocycles. The van der Waals surface area contributed by atoms with Gasteiger partial charge in [0.25, 0.3) is 0 Å². The maximum atomic E-state index is 6.61. The SMILES string of the molecule is CC1(C)c2ccccc2-c2ccc(-c3cc(-c4cc(-c5ccccc5)nc(Cl)n4)cc(-n4c5ccccc5c5ccccc54)c3)cc21. The van der Waals surface area contributed by atoms with Gasteiger partial charge in [-0.1, -0.05) is 117 Å². The van der Waals surface area contributed by atoms with Crippen molar-refractivity contribution in [3.05, 3.63) is 162 Å². The van der Waals surface area contributed by atoms with E-state index >= 15 is 0 Å². The highest BCUT2D eigenvalue weighted by Crippen LogP contribution is 2.49. The summed E-state index contributed by atoms with van der Waals surface area (Å²) < 4.78 is 2.37. The molecule has 0 atom stereocenters. The second-order valence-corrected chi connectivity index (χ2v) is 13.2. The maximum Gasteiger partial charge on any atom is 0.223 e. The summed E-state index contributed by atoms with van der Waals surface area (Å²) in [6.07, 6.45) is 0. The van der Waals surface area contributed by atoms with Gasteiger partial charge >= 0.3 is 0 Å². The van der Waals surface area contributed by atoms with Gasteiger partial charge < -0.3 is 4.57 Å². The third-order valence-electron chi connectivity index (χ3n) is 9.74. The predicted octanol–water partition coefficient (Wildman–Crippen LogP) is 11.5. The summed E-state index contributed by atoms with van der Waals surface area (Å²) in [7, 11) is 0. The molecule has 9 rings (SSSR count). The Kier molecular flexibility index (Phi) is 6.21. The van der Waals surface area contributed by atoms with Crippen molar-refractivity contribution in [2.24, 2.45) is 0 Å². The van der Waals surface area contributed by atoms with Gasteiger partial charge in [0.2, 0.25) is 5.28 Å². The lowest BCUT2D eigenvalue weighted by atomic mass is 9.81. The van der Waals surface area contributed by atoms with Crippen LogP contribution >= 0.6 is 11.6 Å². The van der Waals surface area contributed by atoms with Gasteiger partial charge in [-0.2, -0.15) is 0 Å². The van der Waals surface area contributed by atoms with Crippen molar-refractivity contribution in [3.63, 3.8) is 0 Å². The molecule has 8 aromatic rings. The average molecular weight is 624 g/mol. The zero-order chi connectivity index (χ0) is 31.7. The molecular weight excluding hydrogens is 594 g/mol. The predicted molar refractivity (Wildman–Crippen MR) is 195 cm³/mol. The van der Waals surface area contributed by atoms with Crippen molar-refractivity contribution in [2.75, 3.05) is 0 Å². The number of benzene rings is 6. The van der Waals surface area contributed by atoms with Crippen molar-refractivity contribution in [1.29, 1.82) is 0 Å². The van der Waals surface area contributed by atoms with Gasteiger partial charge in [-0.3, -0.25) is 0 Å². The third kappa shape index (κ3) is 4.42. The monoisotopic (exact) mass is 623 g/mol. The summed E-state index contributed by atoms with van der Waals surface area (Å²) in [6.45, 7) is 4.66. The summed E-state index contributed by atoms with van der Waals surface area (Å²) in [5.74, 6) is 0. The molecule has 1 aliphatic rings. The number of para-hydroxylation sites is 2. The van der Waals surface area contributed by atoms with E-state index in [1.807, 2.05) is 36.4 Å². The minimum atomic E-state index is -0.0972. The molecule has 0 saturated carbocycles. The van der Waals surface area contributed by atoms with Crippen molar-refractivity contribution >= 4 is 33.4 Å². The van der Waals surface area contributed by atoms with Gasteiger partial charge in [-0.05, 0) is 87.4 Å². The molecule has 2 aromatic heterocycles. The first-order valence-electron chi connectivity index (χ1n) is 15.9. The Morgan fingerprint density at radius 3 is 1.83 bits per heavy atom. The van der Waals surface area contributed by atoms with E-state index in [1.165, 1.54) is 33.0 Å². The fourth-order valence-electron chi connectivity index (χ4n) is 7.46. The largest absolute Gasteiger partial charge is 0.309 e. The average Bonchev–Trinajstić information content (AvgIpc) is 3.57. The van der Waals surface area contributed by atoms with Crippen LogP contribution in [0.1, 0.15) is 25.0 Å². The van der Waals surface area contributed by atoms with Crippen LogP contribution < -0.4 is 0 Å². The summed E-state index contributed by atoms with van der Waals surface area (Å²) in [5, 5.41) is 2.68. The quantitative estimate of drug-likeness (QED) is 0.183. The zero-order valence-corrected chi connectivity index (χ0v) is 26.8. The highest BCUT2D eigenvalue weighted by molar-refractivity contribution is 6.28. The molecule has 0 amide bonds. The fraction of sp³-hybridized carbons (Fsp3) is 0.0698. The molecule has 0 unspecified atom stereocenters. The smallest absolute Gasteiger partial charge is 0.223 e. The standard InChI is InChI=1S/C43H30ClN3/c1-43(2)36-17-9-6-14-32(36)33-21-20-28(25-37(33)43)29-22-30(39-26-38(45-42(44)46-39)27-12-4-3-5-13-27)24-31(23-29)47-40-18-10-7-15-34(40)35-16-8-11-19-41(35)47/h3-26H,1-2H3.